The number of phenolic OH excluding ortho intramolecular Hbond substituents is 1. The van der Waals surface area contributed by atoms with Gasteiger partial charge < -0.3 is 25.8 Å². The maximum atomic E-state index is 13.6. The van der Waals surface area contributed by atoms with Gasteiger partial charge in [-0.05, 0) is 48.5 Å². The number of aliphatic hydroxyl groups is 2. The van der Waals surface area contributed by atoms with Crippen LogP contribution in [0.3, 0.4) is 0 Å². The van der Waals surface area contributed by atoms with Gasteiger partial charge in [0.1, 0.15) is 5.75 Å². The Hall–Kier alpha value is -2.67. The number of thiocarbonyl (C=S) groups is 1. The average molecular weight is 522 g/mol. The first-order valence-corrected chi connectivity index (χ1v) is 12.2. The molecule has 35 heavy (non-hydrogen) atoms. The number of aromatic hydroxyl groups is 1. The quantitative estimate of drug-likeness (QED) is 0.243. The van der Waals surface area contributed by atoms with Gasteiger partial charge in [0.05, 0.1) is 29.1 Å². The molecule has 2 unspecified atom stereocenters. The van der Waals surface area contributed by atoms with Gasteiger partial charge in [-0.1, -0.05) is 13.0 Å². The highest BCUT2D eigenvalue weighted by atomic mass is 32.2. The zero-order valence-electron chi connectivity index (χ0n) is 18.7. The molecular weight excluding hydrogens is 498 g/mol. The number of rotatable bonds is 3. The summed E-state index contributed by atoms with van der Waals surface area (Å²) in [7, 11) is 0. The summed E-state index contributed by atoms with van der Waals surface area (Å²) >= 11 is 5.99. The van der Waals surface area contributed by atoms with Gasteiger partial charge in [0.2, 0.25) is 10.3 Å². The Bertz CT molecular complexity index is 1200. The van der Waals surface area contributed by atoms with Crippen molar-refractivity contribution in [1.29, 1.82) is 0 Å². The van der Waals surface area contributed by atoms with E-state index in [1.54, 1.807) is 19.9 Å². The predicted molar refractivity (Wildman–Crippen MR) is 125 cm³/mol. The number of ether oxygens (including phenoxy) is 1. The summed E-state index contributed by atoms with van der Waals surface area (Å²) in [6.45, 7) is 3.66. The Kier molecular flexibility index (Phi) is 6.37. The summed E-state index contributed by atoms with van der Waals surface area (Å²) in [5, 5.41) is 33.3. The van der Waals surface area contributed by atoms with Crippen molar-refractivity contribution in [3.8, 4) is 5.75 Å². The lowest BCUT2D eigenvalue weighted by atomic mass is 9.50. The number of aliphatic hydroxyl groups excluding tert-OH is 1. The first kappa shape index (κ1) is 25.4. The largest absolute Gasteiger partial charge is 0.506 e. The minimum atomic E-state index is -2.94. The third-order valence-electron chi connectivity index (χ3n) is 7.28. The number of hydrogen-bond donors (Lipinski definition) is 4. The van der Waals surface area contributed by atoms with Crippen LogP contribution in [-0.2, 0) is 23.9 Å². The molecule has 186 valence electrons. The van der Waals surface area contributed by atoms with Crippen molar-refractivity contribution in [3.05, 3.63) is 23.3 Å². The highest BCUT2D eigenvalue weighted by molar-refractivity contribution is 8.22. The number of nitrogens with two attached hydrogens (primary N) is 1. The van der Waals surface area contributed by atoms with Crippen LogP contribution in [0.4, 0.5) is 0 Å². The van der Waals surface area contributed by atoms with Gasteiger partial charge in [-0.15, -0.1) is 0 Å². The lowest BCUT2D eigenvalue weighted by molar-refractivity contribution is -0.189. The summed E-state index contributed by atoms with van der Waals surface area (Å²) in [4.78, 5) is 64.6. The second-order valence-electron chi connectivity index (χ2n) is 8.97. The van der Waals surface area contributed by atoms with E-state index < -0.39 is 82.5 Å². The topological polar surface area (TPSA) is 181 Å². The number of hydrogen-bond acceptors (Lipinski definition) is 11. The van der Waals surface area contributed by atoms with Crippen molar-refractivity contribution < 1.29 is 44.0 Å². The van der Waals surface area contributed by atoms with Crippen LogP contribution < -0.4 is 5.73 Å². The molecule has 1 aromatic carbocycles. The third-order valence-corrected chi connectivity index (χ3v) is 8.48. The monoisotopic (exact) mass is 521 g/mol. The molecule has 12 heteroatoms. The number of carbonyl (C=O) groups excluding carboxylic acids is 5. The SMILES string of the molecule is CCOC(=S)Sc1ccc2c(c1O)C(=O)C1C(=O)[C@]3(O)C(=O)C(C(N)=O)C(=O)C[C@@H]3[C@H](O)[C@@H]1[C@@H]2C. The van der Waals surface area contributed by atoms with E-state index in [9.17, 15) is 39.3 Å². The fourth-order valence-electron chi connectivity index (χ4n) is 5.66. The van der Waals surface area contributed by atoms with E-state index in [0.29, 0.717) is 12.2 Å². The van der Waals surface area contributed by atoms with Crippen LogP contribution in [0.25, 0.3) is 0 Å². The van der Waals surface area contributed by atoms with E-state index >= 15 is 0 Å². The van der Waals surface area contributed by atoms with Gasteiger partial charge in [-0.3, -0.25) is 24.0 Å². The summed E-state index contributed by atoms with van der Waals surface area (Å²) in [5.41, 5.74) is 2.40. The summed E-state index contributed by atoms with van der Waals surface area (Å²) < 4.78 is 5.31. The number of fused-ring (bicyclic) bond motifs is 3. The minimum Gasteiger partial charge on any atom is -0.506 e. The number of phenols is 1. The van der Waals surface area contributed by atoms with Crippen LogP contribution in [0.1, 0.15) is 42.1 Å². The summed E-state index contributed by atoms with van der Waals surface area (Å²) in [6.07, 6.45) is -2.23. The maximum absolute atomic E-state index is 13.6. The highest BCUT2D eigenvalue weighted by Crippen LogP contribution is 2.54. The number of carbonyl (C=O) groups is 5. The van der Waals surface area contributed by atoms with Crippen molar-refractivity contribution in [1.82, 2.24) is 0 Å². The molecule has 2 saturated carbocycles. The molecule has 0 bridgehead atoms. The van der Waals surface area contributed by atoms with Crippen molar-refractivity contribution in [2.24, 2.45) is 29.4 Å². The van der Waals surface area contributed by atoms with Crippen LogP contribution >= 0.6 is 24.0 Å². The number of thioether (sulfide) groups is 1. The summed E-state index contributed by atoms with van der Waals surface area (Å²) in [6, 6.07) is 3.11. The molecule has 0 heterocycles. The lowest BCUT2D eigenvalue weighted by Gasteiger charge is -2.52. The van der Waals surface area contributed by atoms with Crippen molar-refractivity contribution >= 4 is 57.4 Å². The van der Waals surface area contributed by atoms with Crippen LogP contribution in [0.5, 0.6) is 5.75 Å². The van der Waals surface area contributed by atoms with E-state index in [1.165, 1.54) is 6.07 Å². The lowest BCUT2D eigenvalue weighted by Crippen LogP contribution is -2.72. The van der Waals surface area contributed by atoms with Crippen molar-refractivity contribution in [2.45, 2.75) is 42.8 Å². The predicted octanol–water partition coefficient (Wildman–Crippen LogP) is 0.272. The van der Waals surface area contributed by atoms with Gasteiger partial charge in [-0.25, -0.2) is 0 Å². The molecular formula is C23H23NO9S2. The number of ketones is 4. The molecule has 0 saturated heterocycles. The smallest absolute Gasteiger partial charge is 0.235 e. The van der Waals surface area contributed by atoms with Gasteiger partial charge in [0.15, 0.2) is 34.7 Å². The van der Waals surface area contributed by atoms with E-state index in [0.717, 1.165) is 11.8 Å². The van der Waals surface area contributed by atoms with Crippen LogP contribution in [0.2, 0.25) is 0 Å². The average Bonchev–Trinajstić information content (AvgIpc) is 2.78. The van der Waals surface area contributed by atoms with E-state index in [-0.39, 0.29) is 14.8 Å². The fourth-order valence-corrected chi connectivity index (χ4v) is 6.73. The molecule has 0 aromatic heterocycles. The molecule has 2 fully saturated rings. The van der Waals surface area contributed by atoms with Gasteiger partial charge in [-0.2, -0.15) is 0 Å². The van der Waals surface area contributed by atoms with Gasteiger partial charge >= 0.3 is 0 Å². The molecule has 3 aliphatic carbocycles. The van der Waals surface area contributed by atoms with Crippen LogP contribution in [-0.4, -0.2) is 67.1 Å². The Morgan fingerprint density at radius 1 is 1.26 bits per heavy atom. The van der Waals surface area contributed by atoms with Crippen LogP contribution in [0, 0.1) is 23.7 Å². The molecule has 4 rings (SSSR count). The van der Waals surface area contributed by atoms with E-state index in [4.69, 9.17) is 22.7 Å². The highest BCUT2D eigenvalue weighted by Gasteiger charge is 2.69. The molecule has 0 radical (unpaired) electrons. The maximum Gasteiger partial charge on any atom is 0.235 e. The minimum absolute atomic E-state index is 0.105. The van der Waals surface area contributed by atoms with Crippen LogP contribution in [0.15, 0.2) is 17.0 Å². The van der Waals surface area contributed by atoms with Gasteiger partial charge in [0.25, 0.3) is 0 Å². The first-order valence-electron chi connectivity index (χ1n) is 10.9. The Morgan fingerprint density at radius 3 is 2.51 bits per heavy atom. The Balaban J connectivity index is 1.82. The second kappa shape index (κ2) is 8.77. The Morgan fingerprint density at radius 2 is 1.91 bits per heavy atom. The van der Waals surface area contributed by atoms with Gasteiger partial charge in [0, 0.05) is 18.3 Å². The second-order valence-corrected chi connectivity index (χ2v) is 10.6. The van der Waals surface area contributed by atoms with Crippen molar-refractivity contribution in [3.63, 3.8) is 0 Å². The molecule has 0 aliphatic heterocycles. The zero-order valence-corrected chi connectivity index (χ0v) is 20.4. The molecule has 7 atom stereocenters. The number of primary amides is 1. The molecule has 10 nitrogen and oxygen atoms in total. The number of Topliss-reactive ketones (excluding diaryl/α,β-unsaturated/α-hetero) is 4. The summed E-state index contributed by atoms with van der Waals surface area (Å²) in [5.74, 6) is -13.2. The molecule has 5 N–H and O–H groups in total. The Labute approximate surface area is 209 Å². The number of benzene rings is 1. The standard InChI is InChI=1S/C23H23NO9S2/c1-3-33-22(34)35-11-5-4-8-7(2)12-15(18(28)13(8)17(11)27)20(30)23(32)9(16(12)26)6-10(25)14(19(23)29)21(24)31/h4-5,7,9,12,14-16,26-27,32H,3,6H2,1-2H3,(H2,24,31)/t7-,9-,12-,14?,15?,16+,23-/m1/s1. The van der Waals surface area contributed by atoms with Crippen molar-refractivity contribution in [2.75, 3.05) is 6.61 Å². The third kappa shape index (κ3) is 3.53. The van der Waals surface area contributed by atoms with E-state index in [1.807, 2.05) is 0 Å². The van der Waals surface area contributed by atoms with E-state index in [2.05, 4.69) is 0 Å². The number of amides is 1. The molecule has 3 aliphatic rings. The molecule has 1 aromatic rings. The zero-order chi connectivity index (χ0) is 26.0. The molecule has 1 amide bonds. The first-order chi connectivity index (χ1) is 16.4. The molecule has 0 spiro atoms. The normalized spacial score (nSPS) is 34.1. The fraction of sp³-hybridized carbons (Fsp3) is 0.478.